The smallest absolute Gasteiger partial charge is 0.320 e. The standard InChI is InChI=1S/C33H31Cl2F3N6O/c1-18-22-14-26(25-8-4-12-43(25)32(45)42-16-33(37,38)17-42)44(20-9-11-40-15-20)31(22)23-13-19(5-3-10-39)27(29(36)30(23)41-18)21-6-2-7-24(34)28(21)35/h2,6-7,13-14,20,25,40H,3-5,8-9,11-12,15-17H2,1H3. The van der Waals surface area contributed by atoms with Crippen LogP contribution in [0.1, 0.15) is 54.7 Å². The van der Waals surface area contributed by atoms with E-state index in [1.807, 2.05) is 19.1 Å². The van der Waals surface area contributed by atoms with Gasteiger partial charge >= 0.3 is 6.03 Å². The van der Waals surface area contributed by atoms with Gasteiger partial charge in [-0.2, -0.15) is 5.26 Å². The van der Waals surface area contributed by atoms with Crippen molar-refractivity contribution in [1.29, 1.82) is 5.26 Å². The lowest BCUT2D eigenvalue weighted by Crippen LogP contribution is -2.61. The molecular weight excluding hydrogens is 624 g/mol. The molecule has 0 saturated carbocycles. The van der Waals surface area contributed by atoms with E-state index < -0.39 is 24.8 Å². The van der Waals surface area contributed by atoms with Crippen LogP contribution in [0.5, 0.6) is 0 Å². The van der Waals surface area contributed by atoms with Gasteiger partial charge in [0.2, 0.25) is 0 Å². The van der Waals surface area contributed by atoms with Crippen molar-refractivity contribution in [1.82, 2.24) is 24.7 Å². The fourth-order valence-corrected chi connectivity index (χ4v) is 7.72. The summed E-state index contributed by atoms with van der Waals surface area (Å²) in [5.74, 6) is -3.39. The number of aromatic nitrogens is 2. The van der Waals surface area contributed by atoms with Gasteiger partial charge in [0, 0.05) is 58.8 Å². The number of aryl methyl sites for hydroxylation is 2. The number of fused-ring (bicyclic) bond motifs is 3. The molecule has 3 saturated heterocycles. The molecule has 3 fully saturated rings. The molecule has 2 aromatic carbocycles. The summed E-state index contributed by atoms with van der Waals surface area (Å²) in [6.07, 6.45) is 2.74. The molecule has 2 atom stereocenters. The number of nitriles is 1. The number of benzene rings is 2. The van der Waals surface area contributed by atoms with E-state index in [-0.39, 0.29) is 40.6 Å². The number of pyridine rings is 1. The van der Waals surface area contributed by atoms with Crippen LogP contribution in [0.4, 0.5) is 18.0 Å². The minimum atomic E-state index is -2.85. The van der Waals surface area contributed by atoms with E-state index in [2.05, 4.69) is 16.0 Å². The van der Waals surface area contributed by atoms with Crippen LogP contribution in [0, 0.1) is 24.1 Å². The predicted octanol–water partition coefficient (Wildman–Crippen LogP) is 7.81. The molecule has 4 aromatic rings. The summed E-state index contributed by atoms with van der Waals surface area (Å²) < 4.78 is 46.5. The van der Waals surface area contributed by atoms with Gasteiger partial charge < -0.3 is 19.7 Å². The van der Waals surface area contributed by atoms with Crippen LogP contribution in [0.25, 0.3) is 32.9 Å². The molecule has 2 unspecified atom stereocenters. The maximum Gasteiger partial charge on any atom is 0.320 e. The second-order valence-corrected chi connectivity index (χ2v) is 13.1. The first-order valence-corrected chi connectivity index (χ1v) is 16.0. The van der Waals surface area contributed by atoms with Gasteiger partial charge in [0.25, 0.3) is 5.92 Å². The Balaban J connectivity index is 1.46. The number of alkyl halides is 2. The van der Waals surface area contributed by atoms with Crippen molar-refractivity contribution >= 4 is 51.0 Å². The van der Waals surface area contributed by atoms with E-state index in [1.165, 1.54) is 4.90 Å². The zero-order valence-corrected chi connectivity index (χ0v) is 26.2. The van der Waals surface area contributed by atoms with Gasteiger partial charge in [0.15, 0.2) is 5.82 Å². The highest BCUT2D eigenvalue weighted by atomic mass is 35.5. The Hall–Kier alpha value is -3.52. The fraction of sp³-hybridized carbons (Fsp3) is 0.424. The molecule has 7 nitrogen and oxygen atoms in total. The summed E-state index contributed by atoms with van der Waals surface area (Å²) in [7, 11) is 0. The molecule has 2 aromatic heterocycles. The van der Waals surface area contributed by atoms with E-state index >= 15 is 4.39 Å². The Morgan fingerprint density at radius 1 is 1.20 bits per heavy atom. The number of hydrogen-bond acceptors (Lipinski definition) is 4. The molecule has 0 bridgehead atoms. The Labute approximate surface area is 268 Å². The fourth-order valence-electron chi connectivity index (χ4n) is 7.32. The predicted molar refractivity (Wildman–Crippen MR) is 168 cm³/mol. The Morgan fingerprint density at radius 3 is 2.71 bits per heavy atom. The van der Waals surface area contributed by atoms with Crippen molar-refractivity contribution < 1.29 is 18.0 Å². The van der Waals surface area contributed by atoms with Crippen molar-refractivity contribution in [2.75, 3.05) is 32.7 Å². The first kappa shape index (κ1) is 30.2. The van der Waals surface area contributed by atoms with Gasteiger partial charge in [0.1, 0.15) is 5.52 Å². The number of likely N-dealkylation sites (tertiary alicyclic amines) is 2. The Morgan fingerprint density at radius 2 is 2.00 bits per heavy atom. The SMILES string of the molecule is Cc1nc2c(F)c(-c3cccc(Cl)c3Cl)c(CCC#N)cc2c2c1cc(C1CCCN1C(=O)N1CC(F)(F)C1)n2C1CCNC1. The van der Waals surface area contributed by atoms with Crippen LogP contribution in [0.2, 0.25) is 10.0 Å². The zero-order chi connectivity index (χ0) is 31.6. The van der Waals surface area contributed by atoms with Crippen LogP contribution in [0.3, 0.4) is 0 Å². The maximum atomic E-state index is 16.9. The molecule has 7 rings (SSSR count). The summed E-state index contributed by atoms with van der Waals surface area (Å²) >= 11 is 12.9. The number of hydrogen-bond donors (Lipinski definition) is 1. The lowest BCUT2D eigenvalue weighted by molar-refractivity contribution is -0.114. The number of amides is 2. The summed E-state index contributed by atoms with van der Waals surface area (Å²) in [6.45, 7) is 2.69. The highest BCUT2D eigenvalue weighted by Crippen LogP contribution is 2.45. The molecule has 5 heterocycles. The average Bonchev–Trinajstić information content (AvgIpc) is 3.76. The third kappa shape index (κ3) is 5.00. The molecule has 234 valence electrons. The number of halogens is 5. The van der Waals surface area contributed by atoms with E-state index in [0.29, 0.717) is 53.2 Å². The van der Waals surface area contributed by atoms with Crippen LogP contribution >= 0.6 is 23.2 Å². The Kier molecular flexibility index (Phi) is 7.62. The molecule has 12 heteroatoms. The molecule has 3 aliphatic rings. The molecule has 0 radical (unpaired) electrons. The number of carbonyl (C=O) groups excluding carboxylic acids is 1. The quantitative estimate of drug-likeness (QED) is 0.238. The minimum absolute atomic E-state index is 0.0288. The highest BCUT2D eigenvalue weighted by molar-refractivity contribution is 6.43. The molecule has 0 spiro atoms. The maximum absolute atomic E-state index is 16.9. The second kappa shape index (κ2) is 11.4. The van der Waals surface area contributed by atoms with Gasteiger partial charge in [-0.05, 0) is 62.9 Å². The van der Waals surface area contributed by atoms with Gasteiger partial charge in [-0.1, -0.05) is 35.3 Å². The second-order valence-electron chi connectivity index (χ2n) is 12.3. The van der Waals surface area contributed by atoms with Crippen LogP contribution in [-0.2, 0) is 6.42 Å². The van der Waals surface area contributed by atoms with E-state index in [4.69, 9.17) is 28.2 Å². The number of urea groups is 1. The summed E-state index contributed by atoms with van der Waals surface area (Å²) in [6, 6.07) is 10.5. The molecule has 2 amide bonds. The molecule has 45 heavy (non-hydrogen) atoms. The van der Waals surface area contributed by atoms with Crippen molar-refractivity contribution in [3.63, 3.8) is 0 Å². The van der Waals surface area contributed by atoms with E-state index in [1.54, 1.807) is 23.1 Å². The first-order chi connectivity index (χ1) is 21.6. The van der Waals surface area contributed by atoms with Crippen LogP contribution in [-0.4, -0.2) is 64.0 Å². The summed E-state index contributed by atoms with van der Waals surface area (Å²) in [5, 5.41) is 14.9. The van der Waals surface area contributed by atoms with E-state index in [9.17, 15) is 18.8 Å². The number of nitrogens with one attached hydrogen (secondary N) is 1. The zero-order valence-electron chi connectivity index (χ0n) is 24.6. The van der Waals surface area contributed by atoms with Crippen molar-refractivity contribution in [3.05, 3.63) is 63.1 Å². The third-order valence-corrected chi connectivity index (χ3v) is 10.2. The van der Waals surface area contributed by atoms with Crippen LogP contribution in [0.15, 0.2) is 30.3 Å². The molecule has 1 N–H and O–H groups in total. The lowest BCUT2D eigenvalue weighted by Gasteiger charge is -2.42. The molecule has 3 aliphatic heterocycles. The highest BCUT2D eigenvalue weighted by Gasteiger charge is 2.49. The largest absolute Gasteiger partial charge is 0.338 e. The number of carbonyl (C=O) groups is 1. The van der Waals surface area contributed by atoms with Gasteiger partial charge in [-0.15, -0.1) is 0 Å². The molecule has 0 aliphatic carbocycles. The lowest BCUT2D eigenvalue weighted by atomic mass is 9.93. The topological polar surface area (TPSA) is 77.2 Å². The normalized spacial score (nSPS) is 21.1. The van der Waals surface area contributed by atoms with Crippen molar-refractivity contribution in [3.8, 4) is 17.2 Å². The van der Waals surface area contributed by atoms with Gasteiger partial charge in [-0.3, -0.25) is 0 Å². The van der Waals surface area contributed by atoms with Gasteiger partial charge in [0.05, 0.1) is 40.8 Å². The van der Waals surface area contributed by atoms with Crippen molar-refractivity contribution in [2.45, 2.75) is 57.0 Å². The minimum Gasteiger partial charge on any atom is -0.338 e. The summed E-state index contributed by atoms with van der Waals surface area (Å²) in [5.41, 5.74) is 3.86. The third-order valence-electron chi connectivity index (χ3n) is 9.39. The van der Waals surface area contributed by atoms with Gasteiger partial charge in [-0.25, -0.2) is 22.9 Å². The number of nitrogens with zero attached hydrogens (tertiary/aromatic N) is 5. The molecular formula is C33H31Cl2F3N6O. The summed E-state index contributed by atoms with van der Waals surface area (Å²) in [4.78, 5) is 21.1. The Bertz CT molecular complexity index is 1890. The number of rotatable bonds is 5. The van der Waals surface area contributed by atoms with Crippen molar-refractivity contribution in [2.24, 2.45) is 0 Å². The van der Waals surface area contributed by atoms with Crippen LogP contribution < -0.4 is 5.32 Å². The monoisotopic (exact) mass is 654 g/mol. The first-order valence-electron chi connectivity index (χ1n) is 15.2. The average molecular weight is 656 g/mol. The van der Waals surface area contributed by atoms with E-state index in [0.717, 1.165) is 36.0 Å².